The van der Waals surface area contributed by atoms with Crippen molar-refractivity contribution in [1.29, 1.82) is 0 Å². The van der Waals surface area contributed by atoms with Gasteiger partial charge in [-0.2, -0.15) is 0 Å². The zero-order valence-corrected chi connectivity index (χ0v) is 35.0. The Kier molecular flexibility index (Phi) is 20.6. The van der Waals surface area contributed by atoms with Crippen molar-refractivity contribution < 1.29 is 18.2 Å². The zero-order valence-electron chi connectivity index (χ0n) is 34.2. The summed E-state index contributed by atoms with van der Waals surface area (Å²) < 4.78 is 15.6. The van der Waals surface area contributed by atoms with Crippen LogP contribution in [0.2, 0.25) is 0 Å². The van der Waals surface area contributed by atoms with Gasteiger partial charge in [-0.1, -0.05) is 116 Å². The van der Waals surface area contributed by atoms with E-state index in [-0.39, 0.29) is 22.9 Å². The molecule has 0 saturated heterocycles. The van der Waals surface area contributed by atoms with Gasteiger partial charge in [-0.3, -0.25) is 9.00 Å². The van der Waals surface area contributed by atoms with Gasteiger partial charge in [-0.05, 0) is 73.7 Å². The van der Waals surface area contributed by atoms with E-state index in [9.17, 15) is 13.8 Å². The Bertz CT molecular complexity index is 1240. The van der Waals surface area contributed by atoms with Crippen LogP contribution in [0.4, 0.5) is 0 Å². The Labute approximate surface area is 299 Å². The summed E-state index contributed by atoms with van der Waals surface area (Å²) in [5.74, 6) is 2.18. The van der Waals surface area contributed by atoms with E-state index in [0.717, 1.165) is 35.4 Å². The molecule has 0 atom stereocenters. The van der Waals surface area contributed by atoms with E-state index >= 15 is 0 Å². The summed E-state index contributed by atoms with van der Waals surface area (Å²) >= 11 is 0. The number of hydrogen-bond acceptors (Lipinski definition) is 5. The lowest BCUT2D eigenvalue weighted by Gasteiger charge is -2.34. The molecule has 48 heavy (non-hydrogen) atoms. The lowest BCUT2D eigenvalue weighted by molar-refractivity contribution is -0.117. The molecule has 278 valence electrons. The number of rotatable bonds is 10. The highest BCUT2D eigenvalue weighted by molar-refractivity contribution is 7.83. The first-order valence-electron chi connectivity index (χ1n) is 18.7. The topological polar surface area (TPSA) is 77.2 Å². The molecule has 2 aromatic rings. The molecule has 0 bridgehead atoms. The van der Waals surface area contributed by atoms with Crippen molar-refractivity contribution in [2.45, 2.75) is 179 Å². The van der Waals surface area contributed by atoms with E-state index in [4.69, 9.17) is 9.40 Å². The monoisotopic (exact) mass is 690 g/mol. The van der Waals surface area contributed by atoms with Crippen molar-refractivity contribution in [2.24, 2.45) is 22.7 Å². The first-order chi connectivity index (χ1) is 22.0. The number of carbonyl (C=O) groups is 2. The highest BCUT2D eigenvalue weighted by Gasteiger charge is 2.31. The van der Waals surface area contributed by atoms with Gasteiger partial charge >= 0.3 is 0 Å². The summed E-state index contributed by atoms with van der Waals surface area (Å²) in [7, 11) is -0.611. The Balaban J connectivity index is 0.000000830. The maximum Gasteiger partial charge on any atom is 0.200 e. The molecule has 1 aliphatic carbocycles. The van der Waals surface area contributed by atoms with E-state index < -0.39 is 10.8 Å². The third-order valence-electron chi connectivity index (χ3n) is 8.73. The summed E-state index contributed by atoms with van der Waals surface area (Å²) in [6, 6.07) is 4.08. The zero-order chi connectivity index (χ0) is 37.5. The van der Waals surface area contributed by atoms with Crippen LogP contribution in [0.15, 0.2) is 16.5 Å². The van der Waals surface area contributed by atoms with Crippen LogP contribution < -0.4 is 0 Å². The average molecular weight is 690 g/mol. The van der Waals surface area contributed by atoms with Gasteiger partial charge in [0, 0.05) is 58.9 Å². The van der Waals surface area contributed by atoms with Crippen LogP contribution in [0, 0.1) is 22.7 Å². The second-order valence-electron chi connectivity index (χ2n) is 17.5. The number of hydrogen-bond donors (Lipinski definition) is 0. The lowest BCUT2D eigenvalue weighted by atomic mass is 9.72. The fourth-order valence-corrected chi connectivity index (χ4v) is 6.29. The number of carbonyl (C=O) groups excluding carboxylic acids is 2. The Morgan fingerprint density at radius 3 is 1.79 bits per heavy atom. The van der Waals surface area contributed by atoms with Crippen molar-refractivity contribution in [3.63, 3.8) is 0 Å². The highest BCUT2D eigenvalue weighted by atomic mass is 32.2. The second-order valence-corrected chi connectivity index (χ2v) is 19.0. The van der Waals surface area contributed by atoms with E-state index in [2.05, 4.69) is 75.3 Å². The number of furan rings is 1. The van der Waals surface area contributed by atoms with Gasteiger partial charge in [-0.15, -0.1) is 0 Å². The molecular weight excluding hydrogens is 615 g/mol. The van der Waals surface area contributed by atoms with E-state index in [1.807, 2.05) is 26.8 Å². The summed E-state index contributed by atoms with van der Waals surface area (Å²) in [6.45, 7) is 30.4. The number of aromatic nitrogens is 1. The van der Waals surface area contributed by atoms with Gasteiger partial charge in [0.1, 0.15) is 11.3 Å². The predicted octanol–water partition coefficient (Wildman–Crippen LogP) is 12.7. The summed E-state index contributed by atoms with van der Waals surface area (Å²) in [5, 5.41) is 0. The smallest absolute Gasteiger partial charge is 0.200 e. The van der Waals surface area contributed by atoms with E-state index in [0.29, 0.717) is 22.5 Å². The van der Waals surface area contributed by atoms with Gasteiger partial charge in [-0.25, -0.2) is 4.98 Å². The van der Waals surface area contributed by atoms with Gasteiger partial charge < -0.3 is 9.21 Å². The molecule has 1 fully saturated rings. The molecule has 0 radical (unpaired) electrons. The molecule has 2 heterocycles. The number of ketones is 2. The standard InChI is InChI=1S/C23H33NO2.C12H26.C5H10O.C2H6OS/c1-14(2)20(25)19-13-18-21(26-19)16(22(3,4)5)12-17(24-18)15-8-10-23(6,7)11-9-15;1-6-8-11(9-7-2)10-12(3,4)5;1-3-4-5(2)6;1-4(2)3/h12-15H,8-11H2,1-7H3;11H,6-10H2,1-5H3;3-4H2,1-2H3;1-2H3. The molecule has 0 N–H and O–H groups in total. The molecule has 0 unspecified atom stereocenters. The Morgan fingerprint density at radius 1 is 0.938 bits per heavy atom. The van der Waals surface area contributed by atoms with E-state index in [1.54, 1.807) is 19.4 Å². The van der Waals surface area contributed by atoms with Crippen LogP contribution >= 0.6 is 0 Å². The molecular formula is C42H75NO4S. The Hall–Kier alpha value is -1.82. The third kappa shape index (κ3) is 18.8. The fourth-order valence-electron chi connectivity index (χ4n) is 6.29. The number of fused-ring (bicyclic) bond motifs is 1. The van der Waals surface area contributed by atoms with Crippen molar-refractivity contribution in [3.8, 4) is 0 Å². The quantitative estimate of drug-likeness (QED) is 0.232. The fraction of sp³-hybridized carbons (Fsp3) is 0.786. The summed E-state index contributed by atoms with van der Waals surface area (Å²) in [6.07, 6.45) is 16.8. The van der Waals surface area contributed by atoms with Gasteiger partial charge in [0.2, 0.25) is 5.78 Å². The number of nitrogens with zero attached hydrogens (tertiary/aromatic N) is 1. The minimum atomic E-state index is -0.611. The van der Waals surface area contributed by atoms with Crippen LogP contribution in [-0.4, -0.2) is 33.3 Å². The molecule has 1 aliphatic rings. The average Bonchev–Trinajstić information content (AvgIpc) is 3.35. The van der Waals surface area contributed by atoms with Crippen LogP contribution in [0.5, 0.6) is 0 Å². The maximum absolute atomic E-state index is 12.4. The van der Waals surface area contributed by atoms with Crippen LogP contribution in [0.3, 0.4) is 0 Å². The van der Waals surface area contributed by atoms with Gasteiger partial charge in [0.25, 0.3) is 0 Å². The second kappa shape index (κ2) is 21.4. The third-order valence-corrected chi connectivity index (χ3v) is 8.73. The summed E-state index contributed by atoms with van der Waals surface area (Å²) in [4.78, 5) is 27.4. The molecule has 0 amide bonds. The van der Waals surface area contributed by atoms with Gasteiger partial charge in [0.05, 0.1) is 0 Å². The molecule has 5 nitrogen and oxygen atoms in total. The highest BCUT2D eigenvalue weighted by Crippen LogP contribution is 2.43. The molecule has 0 aliphatic heterocycles. The SMILES string of the molecule is CC(C)C(=O)c1cc2nc(C3CCC(C)(C)CC3)cc(C(C)(C)C)c2o1.CCCC(C)=O.CCCC(CCC)CC(C)(C)C.CS(C)=O. The molecule has 0 aromatic carbocycles. The number of pyridine rings is 1. The molecule has 2 aromatic heterocycles. The van der Waals surface area contributed by atoms with Crippen LogP contribution in [-0.2, 0) is 21.0 Å². The summed E-state index contributed by atoms with van der Waals surface area (Å²) in [5.41, 5.74) is 4.85. The van der Waals surface area contributed by atoms with Crippen molar-refractivity contribution >= 4 is 33.5 Å². The van der Waals surface area contributed by atoms with Crippen LogP contribution in [0.25, 0.3) is 11.1 Å². The molecule has 3 rings (SSSR count). The van der Waals surface area contributed by atoms with Gasteiger partial charge in [0.15, 0.2) is 11.3 Å². The first-order valence-corrected chi connectivity index (χ1v) is 20.7. The molecule has 1 saturated carbocycles. The Morgan fingerprint density at radius 2 is 1.44 bits per heavy atom. The molecule has 0 spiro atoms. The minimum Gasteiger partial charge on any atom is -0.451 e. The van der Waals surface area contributed by atoms with Crippen LogP contribution in [0.1, 0.15) is 195 Å². The first kappa shape index (κ1) is 46.2. The van der Waals surface area contributed by atoms with Crippen molar-refractivity contribution in [1.82, 2.24) is 4.98 Å². The van der Waals surface area contributed by atoms with E-state index in [1.165, 1.54) is 63.5 Å². The maximum atomic E-state index is 12.4. The normalized spacial score (nSPS) is 15.0. The van der Waals surface area contributed by atoms with Crippen molar-refractivity contribution in [3.05, 3.63) is 29.2 Å². The van der Waals surface area contributed by atoms with Crippen molar-refractivity contribution in [2.75, 3.05) is 12.5 Å². The largest absolute Gasteiger partial charge is 0.451 e. The number of Topliss-reactive ketones (excluding diaryl/α,β-unsaturated/α-hetero) is 2. The lowest BCUT2D eigenvalue weighted by Crippen LogP contribution is -2.21. The molecule has 6 heteroatoms. The minimum absolute atomic E-state index is 0.0452. The predicted molar refractivity (Wildman–Crippen MR) is 210 cm³/mol.